The summed E-state index contributed by atoms with van der Waals surface area (Å²) in [5.74, 6) is 0.636. The Morgan fingerprint density at radius 1 is 0.967 bits per heavy atom. The predicted molar refractivity (Wildman–Crippen MR) is 100 cm³/mol. The first kappa shape index (κ1) is 20.5. The SMILES string of the molecule is O=[N+]([O-])c1ccc(-c2ccc(/C=N/Nc3ccc(C(F)(F)F)cc3[N+](=O)[O-])o2)cc1. The topological polar surface area (TPSA) is 124 Å². The molecule has 154 valence electrons. The molecule has 1 N–H and O–H groups in total. The van der Waals surface area contributed by atoms with Crippen molar-refractivity contribution < 1.29 is 27.4 Å². The third-order valence-corrected chi connectivity index (χ3v) is 3.89. The van der Waals surface area contributed by atoms with E-state index < -0.39 is 27.3 Å². The van der Waals surface area contributed by atoms with E-state index >= 15 is 0 Å². The fourth-order valence-corrected chi connectivity index (χ4v) is 2.44. The van der Waals surface area contributed by atoms with Crippen LogP contribution in [0.5, 0.6) is 0 Å². The summed E-state index contributed by atoms with van der Waals surface area (Å²) in [6.07, 6.45) is -3.54. The minimum Gasteiger partial charge on any atom is -0.455 e. The van der Waals surface area contributed by atoms with E-state index in [1.165, 1.54) is 36.5 Å². The van der Waals surface area contributed by atoms with E-state index in [1.54, 1.807) is 6.07 Å². The number of furan rings is 1. The molecule has 0 saturated carbocycles. The van der Waals surface area contributed by atoms with Crippen LogP contribution in [-0.2, 0) is 6.18 Å². The van der Waals surface area contributed by atoms with Gasteiger partial charge in [0.1, 0.15) is 17.2 Å². The lowest BCUT2D eigenvalue weighted by Gasteiger charge is -2.08. The number of nitrogens with one attached hydrogen (secondary N) is 1. The van der Waals surface area contributed by atoms with Gasteiger partial charge in [0.2, 0.25) is 0 Å². The van der Waals surface area contributed by atoms with Crippen molar-refractivity contribution >= 4 is 23.3 Å². The molecular weight excluding hydrogens is 409 g/mol. The van der Waals surface area contributed by atoms with Gasteiger partial charge in [-0.2, -0.15) is 18.3 Å². The third-order valence-electron chi connectivity index (χ3n) is 3.89. The quantitative estimate of drug-likeness (QED) is 0.331. The summed E-state index contributed by atoms with van der Waals surface area (Å²) < 4.78 is 43.7. The Morgan fingerprint density at radius 3 is 2.27 bits per heavy atom. The van der Waals surface area contributed by atoms with Gasteiger partial charge < -0.3 is 4.42 Å². The van der Waals surface area contributed by atoms with Gasteiger partial charge in [-0.3, -0.25) is 25.7 Å². The molecule has 0 atom stereocenters. The average Bonchev–Trinajstić information content (AvgIpc) is 3.16. The maximum Gasteiger partial charge on any atom is 0.416 e. The molecule has 0 amide bonds. The van der Waals surface area contributed by atoms with Crippen LogP contribution < -0.4 is 5.43 Å². The van der Waals surface area contributed by atoms with Gasteiger partial charge in [-0.15, -0.1) is 0 Å². The van der Waals surface area contributed by atoms with Crippen LogP contribution in [0, 0.1) is 20.2 Å². The minimum absolute atomic E-state index is 0.0746. The van der Waals surface area contributed by atoms with E-state index in [0.717, 1.165) is 6.07 Å². The van der Waals surface area contributed by atoms with Crippen molar-refractivity contribution in [2.24, 2.45) is 5.10 Å². The average molecular weight is 420 g/mol. The molecule has 0 spiro atoms. The van der Waals surface area contributed by atoms with Crippen molar-refractivity contribution in [2.75, 3.05) is 5.43 Å². The maximum atomic E-state index is 12.7. The molecule has 9 nitrogen and oxygen atoms in total. The molecule has 0 fully saturated rings. The van der Waals surface area contributed by atoms with Crippen LogP contribution in [0.4, 0.5) is 30.2 Å². The van der Waals surface area contributed by atoms with Crippen molar-refractivity contribution in [1.82, 2.24) is 0 Å². The minimum atomic E-state index is -4.71. The van der Waals surface area contributed by atoms with E-state index in [1.807, 2.05) is 0 Å². The van der Waals surface area contributed by atoms with Crippen molar-refractivity contribution in [2.45, 2.75) is 6.18 Å². The van der Waals surface area contributed by atoms with Crippen LogP contribution in [0.2, 0.25) is 0 Å². The highest BCUT2D eigenvalue weighted by Gasteiger charge is 2.33. The van der Waals surface area contributed by atoms with Gasteiger partial charge in [-0.05, 0) is 36.4 Å². The lowest BCUT2D eigenvalue weighted by molar-refractivity contribution is -0.384. The summed E-state index contributed by atoms with van der Waals surface area (Å²) in [5.41, 5.74) is 0.652. The van der Waals surface area contributed by atoms with Gasteiger partial charge in [0, 0.05) is 23.8 Å². The predicted octanol–water partition coefficient (Wildman–Crippen LogP) is 5.23. The lowest BCUT2D eigenvalue weighted by Crippen LogP contribution is -2.06. The molecule has 2 aromatic carbocycles. The van der Waals surface area contributed by atoms with E-state index in [9.17, 15) is 33.4 Å². The van der Waals surface area contributed by atoms with Crippen molar-refractivity contribution in [3.63, 3.8) is 0 Å². The van der Waals surface area contributed by atoms with Crippen molar-refractivity contribution in [3.8, 4) is 11.3 Å². The first-order chi connectivity index (χ1) is 14.1. The Morgan fingerprint density at radius 2 is 1.67 bits per heavy atom. The van der Waals surface area contributed by atoms with Gasteiger partial charge in [0.25, 0.3) is 11.4 Å². The van der Waals surface area contributed by atoms with E-state index in [-0.39, 0.29) is 17.1 Å². The number of halogens is 3. The molecule has 3 rings (SSSR count). The summed E-state index contributed by atoms with van der Waals surface area (Å²) in [6.45, 7) is 0. The number of anilines is 1. The fourth-order valence-electron chi connectivity index (χ4n) is 2.44. The Hall–Kier alpha value is -4.22. The number of non-ortho nitro benzene ring substituents is 1. The summed E-state index contributed by atoms with van der Waals surface area (Å²) in [6, 6.07) is 10.8. The highest BCUT2D eigenvalue weighted by molar-refractivity contribution is 5.78. The van der Waals surface area contributed by atoms with Crippen molar-refractivity contribution in [3.05, 3.63) is 86.1 Å². The molecule has 0 unspecified atom stereocenters. The van der Waals surface area contributed by atoms with Crippen LogP contribution in [0.1, 0.15) is 11.3 Å². The summed E-state index contributed by atoms with van der Waals surface area (Å²) in [4.78, 5) is 20.2. The first-order valence-electron chi connectivity index (χ1n) is 8.14. The Kier molecular flexibility index (Phi) is 5.49. The number of benzene rings is 2. The zero-order valence-electron chi connectivity index (χ0n) is 14.8. The second kappa shape index (κ2) is 8.03. The summed E-state index contributed by atoms with van der Waals surface area (Å²) >= 11 is 0. The summed E-state index contributed by atoms with van der Waals surface area (Å²) in [7, 11) is 0. The Balaban J connectivity index is 1.75. The van der Waals surface area contributed by atoms with Crippen LogP contribution >= 0.6 is 0 Å². The van der Waals surface area contributed by atoms with Gasteiger partial charge in [-0.1, -0.05) is 0 Å². The number of hydrogen-bond acceptors (Lipinski definition) is 7. The normalized spacial score (nSPS) is 11.6. The van der Waals surface area contributed by atoms with Gasteiger partial charge in [-0.25, -0.2) is 0 Å². The monoisotopic (exact) mass is 420 g/mol. The molecule has 1 aromatic heterocycles. The van der Waals surface area contributed by atoms with E-state index in [2.05, 4.69) is 10.5 Å². The van der Waals surface area contributed by atoms with Crippen molar-refractivity contribution in [1.29, 1.82) is 0 Å². The largest absolute Gasteiger partial charge is 0.455 e. The molecule has 3 aromatic rings. The number of nitrogens with zero attached hydrogens (tertiary/aromatic N) is 3. The number of nitro benzene ring substituents is 2. The first-order valence-corrected chi connectivity index (χ1v) is 8.14. The lowest BCUT2D eigenvalue weighted by atomic mass is 10.1. The molecule has 0 aliphatic rings. The van der Waals surface area contributed by atoms with Crippen LogP contribution in [0.25, 0.3) is 11.3 Å². The van der Waals surface area contributed by atoms with Gasteiger partial charge in [0.05, 0.1) is 21.6 Å². The zero-order valence-corrected chi connectivity index (χ0v) is 14.8. The second-order valence-corrected chi connectivity index (χ2v) is 5.86. The Labute approximate surface area is 165 Å². The Bertz CT molecular complexity index is 1120. The molecule has 0 aliphatic carbocycles. The highest BCUT2D eigenvalue weighted by atomic mass is 19.4. The number of hydrogen-bond donors (Lipinski definition) is 1. The number of nitro groups is 2. The molecule has 1 heterocycles. The highest BCUT2D eigenvalue weighted by Crippen LogP contribution is 2.35. The maximum absolute atomic E-state index is 12.7. The molecule has 0 radical (unpaired) electrons. The van der Waals surface area contributed by atoms with Crippen LogP contribution in [-0.4, -0.2) is 16.1 Å². The molecule has 0 aliphatic heterocycles. The molecule has 12 heteroatoms. The van der Waals surface area contributed by atoms with E-state index in [4.69, 9.17) is 4.42 Å². The smallest absolute Gasteiger partial charge is 0.416 e. The van der Waals surface area contributed by atoms with Gasteiger partial charge >= 0.3 is 6.18 Å². The molecule has 0 bridgehead atoms. The molecular formula is C18H11F3N4O5. The zero-order chi connectivity index (χ0) is 21.9. The van der Waals surface area contributed by atoms with Crippen LogP contribution in [0.15, 0.2) is 64.1 Å². The van der Waals surface area contributed by atoms with Crippen LogP contribution in [0.3, 0.4) is 0 Å². The number of hydrazone groups is 1. The second-order valence-electron chi connectivity index (χ2n) is 5.86. The van der Waals surface area contributed by atoms with E-state index in [0.29, 0.717) is 23.5 Å². The fraction of sp³-hybridized carbons (Fsp3) is 0.0556. The molecule has 0 saturated heterocycles. The van der Waals surface area contributed by atoms with Gasteiger partial charge in [0.15, 0.2) is 0 Å². The standard InChI is InChI=1S/C18H11F3N4O5/c19-18(20,21)12-3-7-15(16(9-12)25(28)29)23-22-10-14-6-8-17(30-14)11-1-4-13(5-2-11)24(26)27/h1-10,23H/b22-10+. The summed E-state index contributed by atoms with van der Waals surface area (Å²) in [5, 5.41) is 25.5. The number of rotatable bonds is 6. The third kappa shape index (κ3) is 4.60. The molecule has 30 heavy (non-hydrogen) atoms. The number of alkyl halides is 3.